The lowest BCUT2D eigenvalue weighted by Gasteiger charge is -2.08. The Bertz CT molecular complexity index is 549. The number of benzene rings is 1. The Kier molecular flexibility index (Phi) is 4.54. The van der Waals surface area contributed by atoms with E-state index in [0.717, 1.165) is 10.4 Å². The van der Waals surface area contributed by atoms with E-state index in [1.807, 2.05) is 17.5 Å². The van der Waals surface area contributed by atoms with Crippen LogP contribution in [0.1, 0.15) is 20.8 Å². The van der Waals surface area contributed by atoms with Gasteiger partial charge in [0.15, 0.2) is 0 Å². The van der Waals surface area contributed by atoms with E-state index in [-0.39, 0.29) is 5.56 Å². The van der Waals surface area contributed by atoms with Gasteiger partial charge in [0.1, 0.15) is 11.3 Å². The zero-order valence-electron chi connectivity index (χ0n) is 10.5. The van der Waals surface area contributed by atoms with Crippen LogP contribution in [-0.2, 0) is 18.0 Å². The van der Waals surface area contributed by atoms with Gasteiger partial charge in [0.2, 0.25) is 0 Å². The molecule has 1 aromatic heterocycles. The third-order valence-corrected chi connectivity index (χ3v) is 3.44. The van der Waals surface area contributed by atoms with E-state index in [2.05, 4.69) is 0 Å². The molecule has 0 aliphatic heterocycles. The highest BCUT2D eigenvalue weighted by atomic mass is 32.1. The highest BCUT2D eigenvalue weighted by Crippen LogP contribution is 2.21. The van der Waals surface area contributed by atoms with Crippen LogP contribution in [0.5, 0.6) is 5.75 Å². The van der Waals surface area contributed by atoms with Crippen LogP contribution < -0.4 is 4.74 Å². The fourth-order valence-electron chi connectivity index (χ4n) is 1.67. The third-order valence-electron chi connectivity index (χ3n) is 2.59. The van der Waals surface area contributed by atoms with Gasteiger partial charge in [0.05, 0.1) is 20.3 Å². The summed E-state index contributed by atoms with van der Waals surface area (Å²) in [6.07, 6.45) is 0. The van der Waals surface area contributed by atoms with Crippen LogP contribution in [0.25, 0.3) is 0 Å². The third kappa shape index (κ3) is 3.56. The predicted octanol–water partition coefficient (Wildman–Crippen LogP) is 3.17. The number of ether oxygens (including phenoxy) is 2. The molecule has 0 saturated heterocycles. The normalized spacial score (nSPS) is 10.4. The molecule has 0 unspecified atom stereocenters. The minimum atomic E-state index is -0.997. The molecule has 0 atom stereocenters. The maximum absolute atomic E-state index is 11.0. The summed E-state index contributed by atoms with van der Waals surface area (Å²) in [6, 6.07) is 8.95. The van der Waals surface area contributed by atoms with E-state index >= 15 is 0 Å². The zero-order valence-corrected chi connectivity index (χ0v) is 11.3. The summed E-state index contributed by atoms with van der Waals surface area (Å²) in [7, 11) is 1.46. The number of hydrogen-bond acceptors (Lipinski definition) is 4. The first-order valence-electron chi connectivity index (χ1n) is 5.71. The van der Waals surface area contributed by atoms with Crippen LogP contribution in [-0.4, -0.2) is 18.2 Å². The van der Waals surface area contributed by atoms with Crippen LogP contribution in [0, 0.1) is 0 Å². The van der Waals surface area contributed by atoms with E-state index < -0.39 is 5.97 Å². The SMILES string of the molecule is COc1cc(COCc2cccs2)ccc1C(=O)O. The Morgan fingerprint density at radius 3 is 2.79 bits per heavy atom. The van der Waals surface area contributed by atoms with E-state index in [4.69, 9.17) is 14.6 Å². The lowest BCUT2D eigenvalue weighted by Crippen LogP contribution is -2.02. The molecule has 19 heavy (non-hydrogen) atoms. The Morgan fingerprint density at radius 2 is 2.16 bits per heavy atom. The number of carbonyl (C=O) groups is 1. The van der Waals surface area contributed by atoms with Crippen LogP contribution in [0.3, 0.4) is 0 Å². The molecule has 0 radical (unpaired) electrons. The van der Waals surface area contributed by atoms with Gasteiger partial charge in [-0.1, -0.05) is 12.1 Å². The second-order valence-corrected chi connectivity index (χ2v) is 4.94. The summed E-state index contributed by atoms with van der Waals surface area (Å²) in [6.45, 7) is 0.981. The topological polar surface area (TPSA) is 55.8 Å². The predicted molar refractivity (Wildman–Crippen MR) is 72.8 cm³/mol. The average molecular weight is 278 g/mol. The number of methoxy groups -OCH3 is 1. The van der Waals surface area contributed by atoms with Crippen LogP contribution in [0.4, 0.5) is 0 Å². The Labute approximate surface area is 115 Å². The van der Waals surface area contributed by atoms with Crippen molar-refractivity contribution in [3.8, 4) is 5.75 Å². The van der Waals surface area contributed by atoms with Crippen molar-refractivity contribution < 1.29 is 19.4 Å². The summed E-state index contributed by atoms with van der Waals surface area (Å²) in [4.78, 5) is 12.1. The van der Waals surface area contributed by atoms with Crippen molar-refractivity contribution in [2.45, 2.75) is 13.2 Å². The van der Waals surface area contributed by atoms with Crippen molar-refractivity contribution in [3.63, 3.8) is 0 Å². The molecule has 0 fully saturated rings. The van der Waals surface area contributed by atoms with E-state index in [0.29, 0.717) is 19.0 Å². The minimum absolute atomic E-state index is 0.157. The summed E-state index contributed by atoms with van der Waals surface area (Å²) in [5.41, 5.74) is 1.04. The lowest BCUT2D eigenvalue weighted by atomic mass is 10.1. The molecule has 4 nitrogen and oxygen atoms in total. The van der Waals surface area contributed by atoms with E-state index in [1.54, 1.807) is 23.5 Å². The quantitative estimate of drug-likeness (QED) is 0.881. The Balaban J connectivity index is 1.99. The van der Waals surface area contributed by atoms with Gasteiger partial charge in [-0.3, -0.25) is 0 Å². The van der Waals surface area contributed by atoms with Gasteiger partial charge in [-0.25, -0.2) is 4.79 Å². The molecule has 1 heterocycles. The molecule has 5 heteroatoms. The largest absolute Gasteiger partial charge is 0.496 e. The first-order chi connectivity index (χ1) is 9.20. The number of aromatic carboxylic acids is 1. The van der Waals surface area contributed by atoms with Gasteiger partial charge in [0, 0.05) is 4.88 Å². The molecular formula is C14H14O4S. The second-order valence-electron chi connectivity index (χ2n) is 3.91. The first kappa shape index (κ1) is 13.6. The number of carboxylic acids is 1. The van der Waals surface area contributed by atoms with E-state index in [1.165, 1.54) is 13.2 Å². The van der Waals surface area contributed by atoms with E-state index in [9.17, 15) is 4.79 Å². The van der Waals surface area contributed by atoms with Crippen molar-refractivity contribution in [3.05, 3.63) is 51.7 Å². The molecular weight excluding hydrogens is 264 g/mol. The van der Waals surface area contributed by atoms with Crippen molar-refractivity contribution >= 4 is 17.3 Å². The molecule has 1 N–H and O–H groups in total. The molecule has 0 spiro atoms. The molecule has 0 saturated carbocycles. The minimum Gasteiger partial charge on any atom is -0.496 e. The molecule has 0 aliphatic carbocycles. The van der Waals surface area contributed by atoms with Crippen LogP contribution in [0.15, 0.2) is 35.7 Å². The Morgan fingerprint density at radius 1 is 1.32 bits per heavy atom. The second kappa shape index (κ2) is 6.36. The summed E-state index contributed by atoms with van der Waals surface area (Å²) in [5.74, 6) is -0.646. The molecule has 2 aromatic rings. The highest BCUT2D eigenvalue weighted by molar-refractivity contribution is 7.09. The van der Waals surface area contributed by atoms with Gasteiger partial charge in [-0.15, -0.1) is 11.3 Å². The summed E-state index contributed by atoms with van der Waals surface area (Å²) in [5, 5.41) is 11.0. The van der Waals surface area contributed by atoms with Crippen molar-refractivity contribution in [2.24, 2.45) is 0 Å². The molecule has 100 valence electrons. The van der Waals surface area contributed by atoms with Crippen LogP contribution in [0.2, 0.25) is 0 Å². The molecule has 0 bridgehead atoms. The zero-order chi connectivity index (χ0) is 13.7. The average Bonchev–Trinajstić information content (AvgIpc) is 2.91. The Hall–Kier alpha value is -1.85. The smallest absolute Gasteiger partial charge is 0.339 e. The highest BCUT2D eigenvalue weighted by Gasteiger charge is 2.11. The first-order valence-corrected chi connectivity index (χ1v) is 6.59. The standard InChI is InChI=1S/C14H14O4S/c1-17-13-7-10(4-5-12(13)14(15)16)8-18-9-11-3-2-6-19-11/h2-7H,8-9H2,1H3,(H,15,16). The molecule has 1 aromatic carbocycles. The van der Waals surface area contributed by atoms with Gasteiger partial charge >= 0.3 is 5.97 Å². The summed E-state index contributed by atoms with van der Waals surface area (Å²) >= 11 is 1.64. The maximum Gasteiger partial charge on any atom is 0.339 e. The fraction of sp³-hybridized carbons (Fsp3) is 0.214. The van der Waals surface area contributed by atoms with Crippen molar-refractivity contribution in [2.75, 3.05) is 7.11 Å². The lowest BCUT2D eigenvalue weighted by molar-refractivity contribution is 0.0693. The number of hydrogen-bond donors (Lipinski definition) is 1. The maximum atomic E-state index is 11.0. The number of thiophene rings is 1. The fourth-order valence-corrected chi connectivity index (χ4v) is 2.31. The van der Waals surface area contributed by atoms with Crippen molar-refractivity contribution in [1.29, 1.82) is 0 Å². The van der Waals surface area contributed by atoms with Crippen molar-refractivity contribution in [1.82, 2.24) is 0 Å². The van der Waals surface area contributed by atoms with Gasteiger partial charge in [0.25, 0.3) is 0 Å². The molecule has 2 rings (SSSR count). The summed E-state index contributed by atoms with van der Waals surface area (Å²) < 4.78 is 10.6. The monoisotopic (exact) mass is 278 g/mol. The van der Waals surface area contributed by atoms with Gasteiger partial charge < -0.3 is 14.6 Å². The molecule has 0 amide bonds. The number of rotatable bonds is 6. The van der Waals surface area contributed by atoms with Gasteiger partial charge in [-0.2, -0.15) is 0 Å². The van der Waals surface area contributed by atoms with Gasteiger partial charge in [-0.05, 0) is 29.1 Å². The molecule has 0 aliphatic rings. The number of carboxylic acid groups (broad SMARTS) is 1. The van der Waals surface area contributed by atoms with Crippen LogP contribution >= 0.6 is 11.3 Å².